The molecule has 4 atom stereocenters. The van der Waals surface area contributed by atoms with Crippen molar-refractivity contribution < 1.29 is 4.74 Å². The zero-order valence-corrected chi connectivity index (χ0v) is 14.1. The molecule has 3 heteroatoms. The molecule has 3 nitrogen and oxygen atoms in total. The van der Waals surface area contributed by atoms with E-state index in [-0.39, 0.29) is 0 Å². The third kappa shape index (κ3) is 3.98. The lowest BCUT2D eigenvalue weighted by molar-refractivity contribution is 0.0848. The van der Waals surface area contributed by atoms with Crippen molar-refractivity contribution in [3.8, 4) is 5.75 Å². The van der Waals surface area contributed by atoms with Gasteiger partial charge in [-0.05, 0) is 49.9 Å². The van der Waals surface area contributed by atoms with Crippen molar-refractivity contribution in [1.29, 1.82) is 0 Å². The first kappa shape index (κ1) is 16.3. The Hall–Kier alpha value is -1.06. The number of hydrogen-bond acceptors (Lipinski definition) is 3. The lowest BCUT2D eigenvalue weighted by Gasteiger charge is -2.42. The first-order chi connectivity index (χ1) is 10.0. The molecule has 0 aromatic heterocycles. The van der Waals surface area contributed by atoms with Crippen LogP contribution in [-0.2, 0) is 0 Å². The van der Waals surface area contributed by atoms with Crippen LogP contribution in [0.25, 0.3) is 0 Å². The van der Waals surface area contributed by atoms with E-state index in [2.05, 4.69) is 50.2 Å². The van der Waals surface area contributed by atoms with Gasteiger partial charge in [-0.15, -0.1) is 0 Å². The van der Waals surface area contributed by atoms with E-state index >= 15 is 0 Å². The van der Waals surface area contributed by atoms with E-state index in [1.807, 2.05) is 12.1 Å². The summed E-state index contributed by atoms with van der Waals surface area (Å²) in [5.41, 5.74) is 1.33. The third-order valence-corrected chi connectivity index (χ3v) is 4.74. The maximum atomic E-state index is 5.26. The van der Waals surface area contributed by atoms with Gasteiger partial charge in [0.25, 0.3) is 0 Å². The molecule has 1 fully saturated rings. The fourth-order valence-corrected chi connectivity index (χ4v) is 3.75. The van der Waals surface area contributed by atoms with Gasteiger partial charge in [-0.25, -0.2) is 0 Å². The normalized spacial score (nSPS) is 26.3. The molecular weight excluding hydrogens is 260 g/mol. The minimum absolute atomic E-state index is 0.355. The van der Waals surface area contributed by atoms with E-state index in [4.69, 9.17) is 4.74 Å². The van der Waals surface area contributed by atoms with E-state index in [0.717, 1.165) is 17.6 Å². The van der Waals surface area contributed by atoms with Gasteiger partial charge in [0, 0.05) is 25.2 Å². The first-order valence-electron chi connectivity index (χ1n) is 8.10. The molecule has 0 radical (unpaired) electrons. The van der Waals surface area contributed by atoms with Gasteiger partial charge in [-0.2, -0.15) is 0 Å². The second-order valence-electron chi connectivity index (χ2n) is 6.68. The van der Waals surface area contributed by atoms with E-state index < -0.39 is 0 Å². The highest BCUT2D eigenvalue weighted by Crippen LogP contribution is 2.28. The van der Waals surface area contributed by atoms with E-state index in [1.54, 1.807) is 7.11 Å². The molecule has 1 aliphatic heterocycles. The molecule has 4 unspecified atom stereocenters. The molecule has 0 bridgehead atoms. The van der Waals surface area contributed by atoms with Crippen molar-refractivity contribution in [2.75, 3.05) is 27.2 Å². The number of methoxy groups -OCH3 is 1. The summed E-state index contributed by atoms with van der Waals surface area (Å²) in [6.07, 6.45) is 1.36. The molecule has 1 aliphatic rings. The number of rotatable bonds is 5. The molecule has 2 rings (SSSR count). The molecule has 0 saturated carbocycles. The lowest BCUT2D eigenvalue weighted by Crippen LogP contribution is -2.48. The van der Waals surface area contributed by atoms with Crippen molar-refractivity contribution in [2.24, 2.45) is 11.8 Å². The van der Waals surface area contributed by atoms with Crippen molar-refractivity contribution in [3.05, 3.63) is 29.8 Å². The summed E-state index contributed by atoms with van der Waals surface area (Å²) >= 11 is 0. The number of nitrogens with one attached hydrogen (secondary N) is 1. The Morgan fingerprint density at radius 1 is 1.14 bits per heavy atom. The highest BCUT2D eigenvalue weighted by molar-refractivity contribution is 5.29. The van der Waals surface area contributed by atoms with Gasteiger partial charge < -0.3 is 10.1 Å². The van der Waals surface area contributed by atoms with Crippen molar-refractivity contribution in [3.63, 3.8) is 0 Å². The topological polar surface area (TPSA) is 24.5 Å². The van der Waals surface area contributed by atoms with Gasteiger partial charge >= 0.3 is 0 Å². The smallest absolute Gasteiger partial charge is 0.118 e. The molecule has 118 valence electrons. The van der Waals surface area contributed by atoms with Gasteiger partial charge in [-0.3, -0.25) is 4.90 Å². The summed E-state index contributed by atoms with van der Waals surface area (Å²) in [4.78, 5) is 2.64. The number of likely N-dealkylation sites (tertiary alicyclic amines) is 1. The van der Waals surface area contributed by atoms with Crippen LogP contribution in [0.3, 0.4) is 0 Å². The Balaban J connectivity index is 2.11. The average Bonchev–Trinajstić information content (AvgIpc) is 2.47. The summed E-state index contributed by atoms with van der Waals surface area (Å²) in [5.74, 6) is 2.51. The summed E-state index contributed by atoms with van der Waals surface area (Å²) in [7, 11) is 3.77. The number of piperidine rings is 1. The van der Waals surface area contributed by atoms with Crippen LogP contribution < -0.4 is 10.1 Å². The number of benzene rings is 1. The predicted molar refractivity (Wildman–Crippen MR) is 88.8 cm³/mol. The number of hydrogen-bond donors (Lipinski definition) is 1. The van der Waals surface area contributed by atoms with Gasteiger partial charge in [-0.1, -0.05) is 26.0 Å². The van der Waals surface area contributed by atoms with Gasteiger partial charge in [0.05, 0.1) is 7.11 Å². The highest BCUT2D eigenvalue weighted by atomic mass is 16.5. The zero-order chi connectivity index (χ0) is 15.4. The van der Waals surface area contributed by atoms with Crippen LogP contribution in [0.1, 0.15) is 38.8 Å². The SMILES string of the molecule is CNC(c1ccc(OC)cc1)C(C)N1CC(C)CC(C)C1. The predicted octanol–water partition coefficient (Wildman–Crippen LogP) is 3.32. The van der Waals surface area contributed by atoms with Crippen LogP contribution in [0.5, 0.6) is 5.75 Å². The maximum Gasteiger partial charge on any atom is 0.118 e. The number of nitrogens with zero attached hydrogens (tertiary/aromatic N) is 1. The van der Waals surface area contributed by atoms with Gasteiger partial charge in [0.1, 0.15) is 5.75 Å². The van der Waals surface area contributed by atoms with Crippen LogP contribution in [0.15, 0.2) is 24.3 Å². The largest absolute Gasteiger partial charge is 0.497 e. The van der Waals surface area contributed by atoms with Crippen molar-refractivity contribution in [1.82, 2.24) is 10.2 Å². The lowest BCUT2D eigenvalue weighted by atomic mass is 9.89. The fraction of sp³-hybridized carbons (Fsp3) is 0.667. The molecule has 0 aliphatic carbocycles. The van der Waals surface area contributed by atoms with Crippen LogP contribution in [0.4, 0.5) is 0 Å². The van der Waals surface area contributed by atoms with Gasteiger partial charge in [0.2, 0.25) is 0 Å². The Kier molecular flexibility index (Phi) is 5.65. The molecule has 1 aromatic carbocycles. The van der Waals surface area contributed by atoms with E-state index in [1.165, 1.54) is 25.1 Å². The van der Waals surface area contributed by atoms with E-state index in [0.29, 0.717) is 12.1 Å². The average molecular weight is 290 g/mol. The van der Waals surface area contributed by atoms with Crippen LogP contribution in [-0.4, -0.2) is 38.2 Å². The first-order valence-corrected chi connectivity index (χ1v) is 8.10. The van der Waals surface area contributed by atoms with Crippen LogP contribution in [0, 0.1) is 11.8 Å². The summed E-state index contributed by atoms with van der Waals surface area (Å²) in [6, 6.07) is 9.30. The van der Waals surface area contributed by atoms with E-state index in [9.17, 15) is 0 Å². The monoisotopic (exact) mass is 290 g/mol. The summed E-state index contributed by atoms with van der Waals surface area (Å²) in [6.45, 7) is 9.50. The third-order valence-electron chi connectivity index (χ3n) is 4.74. The molecule has 21 heavy (non-hydrogen) atoms. The number of likely N-dealkylation sites (N-methyl/N-ethyl adjacent to an activating group) is 1. The Labute approximate surface area is 129 Å². The molecule has 1 aromatic rings. The minimum Gasteiger partial charge on any atom is -0.497 e. The molecule has 1 heterocycles. The molecular formula is C18H30N2O. The minimum atomic E-state index is 0.355. The molecule has 0 amide bonds. The van der Waals surface area contributed by atoms with Crippen molar-refractivity contribution in [2.45, 2.75) is 39.3 Å². The van der Waals surface area contributed by atoms with Crippen LogP contribution >= 0.6 is 0 Å². The standard InChI is InChI=1S/C18H30N2O/c1-13-10-14(2)12-20(11-13)15(3)18(19-4)16-6-8-17(21-5)9-7-16/h6-9,13-15,18-19H,10-12H2,1-5H3. The second-order valence-corrected chi connectivity index (χ2v) is 6.68. The zero-order valence-electron chi connectivity index (χ0n) is 14.1. The second kappa shape index (κ2) is 7.28. The highest BCUT2D eigenvalue weighted by Gasteiger charge is 2.29. The van der Waals surface area contributed by atoms with Crippen molar-refractivity contribution >= 4 is 0 Å². The summed E-state index contributed by atoms with van der Waals surface area (Å²) < 4.78 is 5.26. The quantitative estimate of drug-likeness (QED) is 0.900. The van der Waals surface area contributed by atoms with Gasteiger partial charge in [0.15, 0.2) is 0 Å². The summed E-state index contributed by atoms with van der Waals surface area (Å²) in [5, 5.41) is 3.50. The Morgan fingerprint density at radius 2 is 1.71 bits per heavy atom. The van der Waals surface area contributed by atoms with Crippen LogP contribution in [0.2, 0.25) is 0 Å². The molecule has 1 N–H and O–H groups in total. The molecule has 1 saturated heterocycles. The maximum absolute atomic E-state index is 5.26. The number of ether oxygens (including phenoxy) is 1. The fourth-order valence-electron chi connectivity index (χ4n) is 3.75. The Morgan fingerprint density at radius 3 is 2.19 bits per heavy atom. The Bertz CT molecular complexity index is 421. The molecule has 0 spiro atoms.